The Kier molecular flexibility index (Phi) is 1.98. The molecule has 0 unspecified atom stereocenters. The number of hydrogen-bond acceptors (Lipinski definition) is 1. The summed E-state index contributed by atoms with van der Waals surface area (Å²) >= 11 is 0. The van der Waals surface area contributed by atoms with Gasteiger partial charge in [-0.25, -0.2) is 4.98 Å². The van der Waals surface area contributed by atoms with Crippen LogP contribution in [0.25, 0.3) is 6.20 Å². The molecule has 1 aromatic heterocycles. The fraction of sp³-hybridized carbons (Fsp3) is 0.167. The zero-order valence-electron chi connectivity index (χ0n) is 5.42. The molecule has 60 valence electrons. The van der Waals surface area contributed by atoms with Gasteiger partial charge in [0.1, 0.15) is 0 Å². The summed E-state index contributed by atoms with van der Waals surface area (Å²) in [5, 5.41) is 0. The van der Waals surface area contributed by atoms with Crippen molar-refractivity contribution in [2.24, 2.45) is 0 Å². The molecule has 0 N–H and O–H groups in total. The monoisotopic (exact) mass is 162 g/mol. The molecule has 0 aliphatic carbocycles. The lowest BCUT2D eigenvalue weighted by Crippen LogP contribution is -2.01. The average molecular weight is 162 g/mol. The molecular weight excluding hydrogens is 157 g/mol. The second kappa shape index (κ2) is 2.77. The van der Waals surface area contributed by atoms with Crippen molar-refractivity contribution in [2.45, 2.75) is 6.18 Å². The summed E-state index contributed by atoms with van der Waals surface area (Å²) in [4.78, 5) is 3.57. The molecular formula is C6H5F3N2. The molecule has 0 amide bonds. The Bertz CT molecular complexity index is 235. The summed E-state index contributed by atoms with van der Waals surface area (Å²) in [6, 6.07) is 0. The maximum absolute atomic E-state index is 11.5. The maximum atomic E-state index is 11.5. The van der Waals surface area contributed by atoms with Crippen molar-refractivity contribution in [3.8, 4) is 0 Å². The van der Waals surface area contributed by atoms with Gasteiger partial charge in [0.05, 0.1) is 6.33 Å². The first-order valence-electron chi connectivity index (χ1n) is 2.81. The third kappa shape index (κ3) is 2.88. The first-order chi connectivity index (χ1) is 5.08. The van der Waals surface area contributed by atoms with Gasteiger partial charge in [-0.15, -0.1) is 0 Å². The second-order valence-corrected chi connectivity index (χ2v) is 1.87. The number of rotatable bonds is 1. The van der Waals surface area contributed by atoms with Crippen molar-refractivity contribution in [3.63, 3.8) is 0 Å². The molecule has 0 saturated heterocycles. The predicted molar refractivity (Wildman–Crippen MR) is 33.6 cm³/mol. The first-order valence-corrected chi connectivity index (χ1v) is 2.81. The third-order valence-electron chi connectivity index (χ3n) is 0.961. The van der Waals surface area contributed by atoms with Gasteiger partial charge < -0.3 is 4.57 Å². The number of allylic oxidation sites excluding steroid dienone is 1. The summed E-state index contributed by atoms with van der Waals surface area (Å²) in [6.45, 7) is 0. The number of hydrogen-bond donors (Lipinski definition) is 0. The van der Waals surface area contributed by atoms with E-state index in [0.29, 0.717) is 0 Å². The molecule has 0 spiro atoms. The molecule has 0 aliphatic heterocycles. The number of nitrogens with zero attached hydrogens (tertiary/aromatic N) is 2. The van der Waals surface area contributed by atoms with Crippen molar-refractivity contribution in [1.29, 1.82) is 0 Å². The highest BCUT2D eigenvalue weighted by Crippen LogP contribution is 2.16. The molecule has 0 aliphatic rings. The Morgan fingerprint density at radius 1 is 1.36 bits per heavy atom. The van der Waals surface area contributed by atoms with Gasteiger partial charge in [-0.3, -0.25) is 0 Å². The van der Waals surface area contributed by atoms with E-state index in [-0.39, 0.29) is 6.08 Å². The fourth-order valence-electron chi connectivity index (χ4n) is 0.528. The fourth-order valence-corrected chi connectivity index (χ4v) is 0.528. The molecule has 5 heteroatoms. The Hall–Kier alpha value is -1.26. The Balaban J connectivity index is 2.63. The van der Waals surface area contributed by atoms with E-state index in [0.717, 1.165) is 6.20 Å². The minimum atomic E-state index is -4.26. The van der Waals surface area contributed by atoms with Gasteiger partial charge in [0.2, 0.25) is 0 Å². The topological polar surface area (TPSA) is 17.8 Å². The lowest BCUT2D eigenvalue weighted by molar-refractivity contribution is -0.0792. The van der Waals surface area contributed by atoms with Crippen LogP contribution >= 0.6 is 0 Å². The van der Waals surface area contributed by atoms with Crippen LogP contribution in [0.1, 0.15) is 0 Å². The van der Waals surface area contributed by atoms with E-state index >= 15 is 0 Å². The molecule has 1 aromatic rings. The van der Waals surface area contributed by atoms with Crippen LogP contribution in [0, 0.1) is 0 Å². The van der Waals surface area contributed by atoms with Gasteiger partial charge in [-0.05, 0) is 0 Å². The van der Waals surface area contributed by atoms with E-state index in [9.17, 15) is 13.2 Å². The third-order valence-corrected chi connectivity index (χ3v) is 0.961. The quantitative estimate of drug-likeness (QED) is 0.616. The van der Waals surface area contributed by atoms with E-state index in [1.807, 2.05) is 0 Å². The van der Waals surface area contributed by atoms with Crippen LogP contribution in [0.4, 0.5) is 13.2 Å². The number of halogens is 3. The molecule has 0 radical (unpaired) electrons. The van der Waals surface area contributed by atoms with Crippen LogP contribution < -0.4 is 0 Å². The van der Waals surface area contributed by atoms with Crippen molar-refractivity contribution < 1.29 is 13.2 Å². The maximum Gasteiger partial charge on any atom is 0.411 e. The highest BCUT2D eigenvalue weighted by atomic mass is 19.4. The van der Waals surface area contributed by atoms with Crippen LogP contribution in [0.15, 0.2) is 24.8 Å². The van der Waals surface area contributed by atoms with Crippen LogP contribution in [0.3, 0.4) is 0 Å². The van der Waals surface area contributed by atoms with E-state index < -0.39 is 6.18 Å². The molecule has 0 fully saturated rings. The lowest BCUT2D eigenvalue weighted by atomic mass is 10.6. The van der Waals surface area contributed by atoms with Crippen molar-refractivity contribution in [1.82, 2.24) is 9.55 Å². The van der Waals surface area contributed by atoms with Gasteiger partial charge in [0, 0.05) is 24.7 Å². The molecule has 2 nitrogen and oxygen atoms in total. The molecule has 0 saturated carbocycles. The zero-order valence-corrected chi connectivity index (χ0v) is 5.42. The molecule has 11 heavy (non-hydrogen) atoms. The number of imidazole rings is 1. The summed E-state index contributed by atoms with van der Waals surface area (Å²) in [7, 11) is 0. The van der Waals surface area contributed by atoms with Crippen LogP contribution in [-0.2, 0) is 0 Å². The van der Waals surface area contributed by atoms with E-state index in [1.54, 1.807) is 0 Å². The number of alkyl halides is 3. The molecule has 0 aromatic carbocycles. The highest BCUT2D eigenvalue weighted by Gasteiger charge is 2.21. The van der Waals surface area contributed by atoms with E-state index in [4.69, 9.17) is 0 Å². The van der Waals surface area contributed by atoms with Crippen molar-refractivity contribution >= 4 is 6.20 Å². The summed E-state index contributed by atoms with van der Waals surface area (Å²) in [6.07, 6.45) is 0.886. The van der Waals surface area contributed by atoms with Gasteiger partial charge in [0.15, 0.2) is 0 Å². The summed E-state index contributed by atoms with van der Waals surface area (Å²) in [5.41, 5.74) is 0. The number of aromatic nitrogens is 2. The summed E-state index contributed by atoms with van der Waals surface area (Å²) < 4.78 is 35.8. The minimum Gasteiger partial charge on any atom is -0.313 e. The smallest absolute Gasteiger partial charge is 0.313 e. The van der Waals surface area contributed by atoms with Crippen LogP contribution in [-0.4, -0.2) is 15.7 Å². The van der Waals surface area contributed by atoms with Gasteiger partial charge in [-0.1, -0.05) is 0 Å². The Labute approximate surface area is 61.0 Å². The standard InChI is InChI=1S/C6H5F3N2/c7-6(8,9)1-3-11-4-2-10-5-11/h1-5H/b3-1+. The average Bonchev–Trinajstić information content (AvgIpc) is 2.32. The van der Waals surface area contributed by atoms with E-state index in [2.05, 4.69) is 4.98 Å². The Morgan fingerprint density at radius 2 is 2.09 bits per heavy atom. The second-order valence-electron chi connectivity index (χ2n) is 1.87. The molecule has 1 rings (SSSR count). The highest BCUT2D eigenvalue weighted by molar-refractivity contribution is 5.23. The zero-order chi connectivity index (χ0) is 8.32. The largest absolute Gasteiger partial charge is 0.411 e. The van der Waals surface area contributed by atoms with Gasteiger partial charge in [-0.2, -0.15) is 13.2 Å². The summed E-state index contributed by atoms with van der Waals surface area (Å²) in [5.74, 6) is 0. The lowest BCUT2D eigenvalue weighted by Gasteiger charge is -1.96. The van der Waals surface area contributed by atoms with Crippen LogP contribution in [0.5, 0.6) is 0 Å². The SMILES string of the molecule is FC(F)(F)/C=C/n1ccnc1. The molecule has 1 heterocycles. The first kappa shape index (κ1) is 7.84. The van der Waals surface area contributed by atoms with Crippen LogP contribution in [0.2, 0.25) is 0 Å². The van der Waals surface area contributed by atoms with Gasteiger partial charge >= 0.3 is 6.18 Å². The van der Waals surface area contributed by atoms with E-state index in [1.165, 1.54) is 23.3 Å². The predicted octanol–water partition coefficient (Wildman–Crippen LogP) is 1.92. The molecule has 0 atom stereocenters. The molecule has 0 bridgehead atoms. The Morgan fingerprint density at radius 3 is 2.55 bits per heavy atom. The minimum absolute atomic E-state index is 0.147. The van der Waals surface area contributed by atoms with Crippen molar-refractivity contribution in [2.75, 3.05) is 0 Å². The van der Waals surface area contributed by atoms with Crippen molar-refractivity contribution in [3.05, 3.63) is 24.8 Å². The normalized spacial score (nSPS) is 12.6. The van der Waals surface area contributed by atoms with Gasteiger partial charge in [0.25, 0.3) is 0 Å².